The maximum absolute atomic E-state index is 3.87. The summed E-state index contributed by atoms with van der Waals surface area (Å²) in [5.41, 5.74) is 2.37. The van der Waals surface area contributed by atoms with E-state index in [0.29, 0.717) is 0 Å². The molecule has 0 saturated heterocycles. The molecule has 0 aliphatic carbocycles. The largest absolute Gasteiger partial charge is 0.324 e. The zero-order valence-corrected chi connectivity index (χ0v) is 10.7. The van der Waals surface area contributed by atoms with Crippen LogP contribution in [0, 0.1) is 0 Å². The molecule has 2 heterocycles. The van der Waals surface area contributed by atoms with Gasteiger partial charge in [0.25, 0.3) is 0 Å². The van der Waals surface area contributed by atoms with Crippen molar-refractivity contribution >= 4 is 17.0 Å². The van der Waals surface area contributed by atoms with E-state index in [2.05, 4.69) is 70.6 Å². The Morgan fingerprint density at radius 3 is 2.53 bits per heavy atom. The topological polar surface area (TPSA) is 7.65 Å². The van der Waals surface area contributed by atoms with Gasteiger partial charge in [-0.3, -0.25) is 0 Å². The molecule has 2 heteroatoms. The predicted octanol–water partition coefficient (Wildman–Crippen LogP) is 4.26. The van der Waals surface area contributed by atoms with Crippen molar-refractivity contribution in [2.75, 3.05) is 11.4 Å². The summed E-state index contributed by atoms with van der Waals surface area (Å²) in [6, 6.07) is 20.9. The highest BCUT2D eigenvalue weighted by molar-refractivity contribution is 5.67. The summed E-state index contributed by atoms with van der Waals surface area (Å²) >= 11 is 0. The third-order valence-corrected chi connectivity index (χ3v) is 3.20. The molecule has 0 fully saturated rings. The van der Waals surface area contributed by atoms with E-state index in [1.54, 1.807) is 0 Å². The summed E-state index contributed by atoms with van der Waals surface area (Å²) in [7, 11) is 0. The van der Waals surface area contributed by atoms with Crippen molar-refractivity contribution in [2.24, 2.45) is 0 Å². The van der Waals surface area contributed by atoms with Crippen LogP contribution < -0.4 is 4.90 Å². The lowest BCUT2D eigenvalue weighted by molar-refractivity contribution is 1.02. The second kappa shape index (κ2) is 5.02. The zero-order valence-electron chi connectivity index (χ0n) is 10.7. The standard InChI is InChI=1S/C17H16N2/c1-2-13-18(15-8-4-3-5-9-15)17-12-11-16-10-6-7-14-19(16)17/h2-12,14H,1,13H2. The van der Waals surface area contributed by atoms with Gasteiger partial charge in [0.1, 0.15) is 5.82 Å². The molecule has 0 atom stereocenters. The first-order chi connectivity index (χ1) is 9.40. The van der Waals surface area contributed by atoms with E-state index >= 15 is 0 Å². The third-order valence-electron chi connectivity index (χ3n) is 3.20. The molecule has 0 bridgehead atoms. The SMILES string of the molecule is C=CCN(c1ccccc1)c1ccc2ccccn12. The van der Waals surface area contributed by atoms with Crippen molar-refractivity contribution < 1.29 is 0 Å². The van der Waals surface area contributed by atoms with Crippen molar-refractivity contribution in [3.05, 3.63) is 79.5 Å². The Labute approximate surface area is 113 Å². The van der Waals surface area contributed by atoms with Gasteiger partial charge in [0, 0.05) is 23.9 Å². The fourth-order valence-corrected chi connectivity index (χ4v) is 2.33. The lowest BCUT2D eigenvalue weighted by atomic mass is 10.3. The third kappa shape index (κ3) is 2.13. The van der Waals surface area contributed by atoms with Gasteiger partial charge in [0.15, 0.2) is 0 Å². The van der Waals surface area contributed by atoms with Crippen LogP contribution in [0.3, 0.4) is 0 Å². The number of hydrogen-bond acceptors (Lipinski definition) is 1. The Balaban J connectivity index is 2.12. The van der Waals surface area contributed by atoms with E-state index in [1.165, 1.54) is 11.2 Å². The van der Waals surface area contributed by atoms with Crippen LogP contribution in [-0.2, 0) is 0 Å². The average molecular weight is 248 g/mol. The van der Waals surface area contributed by atoms with Gasteiger partial charge in [0.2, 0.25) is 0 Å². The van der Waals surface area contributed by atoms with Crippen LogP contribution in [0.15, 0.2) is 79.5 Å². The monoisotopic (exact) mass is 248 g/mol. The highest BCUT2D eigenvalue weighted by atomic mass is 15.2. The molecular formula is C17H16N2. The number of benzene rings is 1. The normalized spacial score (nSPS) is 10.5. The first kappa shape index (κ1) is 11.6. The molecule has 0 saturated carbocycles. The van der Waals surface area contributed by atoms with Crippen LogP contribution in [-0.4, -0.2) is 10.9 Å². The fraction of sp³-hybridized carbons (Fsp3) is 0.0588. The van der Waals surface area contributed by atoms with E-state index in [4.69, 9.17) is 0 Å². The molecular weight excluding hydrogens is 232 g/mol. The number of hydrogen-bond donors (Lipinski definition) is 0. The van der Waals surface area contributed by atoms with Crippen molar-refractivity contribution in [2.45, 2.75) is 0 Å². The van der Waals surface area contributed by atoms with Crippen LogP contribution >= 0.6 is 0 Å². The number of pyridine rings is 1. The quantitative estimate of drug-likeness (QED) is 0.626. The molecule has 0 amide bonds. The Morgan fingerprint density at radius 2 is 1.74 bits per heavy atom. The Morgan fingerprint density at radius 1 is 0.947 bits per heavy atom. The van der Waals surface area contributed by atoms with Crippen molar-refractivity contribution in [1.29, 1.82) is 0 Å². The van der Waals surface area contributed by atoms with Gasteiger partial charge in [-0.15, -0.1) is 6.58 Å². The van der Waals surface area contributed by atoms with Crippen molar-refractivity contribution in [3.8, 4) is 0 Å². The number of para-hydroxylation sites is 1. The van der Waals surface area contributed by atoms with Gasteiger partial charge < -0.3 is 9.30 Å². The number of fused-ring (bicyclic) bond motifs is 1. The maximum atomic E-state index is 3.87. The summed E-state index contributed by atoms with van der Waals surface area (Å²) in [5.74, 6) is 1.15. The Hall–Kier alpha value is -2.48. The van der Waals surface area contributed by atoms with Gasteiger partial charge >= 0.3 is 0 Å². The smallest absolute Gasteiger partial charge is 0.117 e. The second-order valence-electron chi connectivity index (χ2n) is 4.42. The lowest BCUT2D eigenvalue weighted by Gasteiger charge is -2.23. The molecule has 2 aromatic heterocycles. The minimum Gasteiger partial charge on any atom is -0.324 e. The van der Waals surface area contributed by atoms with Crippen molar-refractivity contribution in [1.82, 2.24) is 4.40 Å². The molecule has 0 N–H and O–H groups in total. The minimum atomic E-state index is 0.783. The number of rotatable bonds is 4. The van der Waals surface area contributed by atoms with E-state index < -0.39 is 0 Å². The highest BCUT2D eigenvalue weighted by Gasteiger charge is 2.10. The van der Waals surface area contributed by atoms with Crippen LogP contribution in [0.1, 0.15) is 0 Å². The molecule has 0 unspecified atom stereocenters. The summed E-state index contributed by atoms with van der Waals surface area (Å²) in [5, 5.41) is 0. The number of anilines is 2. The Kier molecular flexibility index (Phi) is 3.07. The van der Waals surface area contributed by atoms with Gasteiger partial charge in [-0.05, 0) is 36.4 Å². The predicted molar refractivity (Wildman–Crippen MR) is 81.0 cm³/mol. The van der Waals surface area contributed by atoms with Gasteiger partial charge in [-0.2, -0.15) is 0 Å². The Bertz CT molecular complexity index is 683. The zero-order chi connectivity index (χ0) is 13.1. The molecule has 3 aromatic rings. The minimum absolute atomic E-state index is 0.783. The van der Waals surface area contributed by atoms with Crippen LogP contribution in [0.2, 0.25) is 0 Å². The van der Waals surface area contributed by atoms with E-state index in [9.17, 15) is 0 Å². The molecule has 0 aliphatic heterocycles. The molecule has 1 aromatic carbocycles. The average Bonchev–Trinajstić information content (AvgIpc) is 2.89. The van der Waals surface area contributed by atoms with Crippen LogP contribution in [0.25, 0.3) is 5.52 Å². The molecule has 0 spiro atoms. The molecule has 0 radical (unpaired) electrons. The van der Waals surface area contributed by atoms with Gasteiger partial charge in [-0.25, -0.2) is 0 Å². The van der Waals surface area contributed by atoms with E-state index in [1.807, 2.05) is 18.2 Å². The summed E-state index contributed by atoms with van der Waals surface area (Å²) in [6.45, 7) is 4.65. The molecule has 2 nitrogen and oxygen atoms in total. The first-order valence-electron chi connectivity index (χ1n) is 6.40. The molecule has 19 heavy (non-hydrogen) atoms. The fourth-order valence-electron chi connectivity index (χ4n) is 2.33. The number of nitrogens with zero attached hydrogens (tertiary/aromatic N) is 2. The van der Waals surface area contributed by atoms with Crippen molar-refractivity contribution in [3.63, 3.8) is 0 Å². The second-order valence-corrected chi connectivity index (χ2v) is 4.42. The summed E-state index contributed by atoms with van der Waals surface area (Å²) < 4.78 is 2.19. The highest BCUT2D eigenvalue weighted by Crippen LogP contribution is 2.26. The van der Waals surface area contributed by atoms with E-state index in [0.717, 1.165) is 12.4 Å². The van der Waals surface area contributed by atoms with Gasteiger partial charge in [-0.1, -0.05) is 30.3 Å². The molecule has 94 valence electrons. The summed E-state index contributed by atoms with van der Waals surface area (Å²) in [4.78, 5) is 2.25. The van der Waals surface area contributed by atoms with E-state index in [-0.39, 0.29) is 0 Å². The molecule has 3 rings (SSSR count). The maximum Gasteiger partial charge on any atom is 0.117 e. The summed E-state index contributed by atoms with van der Waals surface area (Å²) in [6.07, 6.45) is 4.01. The van der Waals surface area contributed by atoms with Crippen LogP contribution in [0.4, 0.5) is 11.5 Å². The lowest BCUT2D eigenvalue weighted by Crippen LogP contribution is -2.18. The van der Waals surface area contributed by atoms with Crippen LogP contribution in [0.5, 0.6) is 0 Å². The molecule has 0 aliphatic rings. The number of aromatic nitrogens is 1. The first-order valence-corrected chi connectivity index (χ1v) is 6.40. The van der Waals surface area contributed by atoms with Gasteiger partial charge in [0.05, 0.1) is 0 Å².